The zero-order valence-electron chi connectivity index (χ0n) is 18.1. The van der Waals surface area contributed by atoms with Crippen LogP contribution in [0, 0.1) is 0 Å². The number of hydrogen-bond acceptors (Lipinski definition) is 7. The van der Waals surface area contributed by atoms with Crippen LogP contribution in [0.1, 0.15) is 11.3 Å². The van der Waals surface area contributed by atoms with E-state index in [1.54, 1.807) is 7.11 Å². The van der Waals surface area contributed by atoms with E-state index in [0.29, 0.717) is 25.5 Å². The summed E-state index contributed by atoms with van der Waals surface area (Å²) in [6, 6.07) is 9.76. The fourth-order valence-corrected chi connectivity index (χ4v) is 4.49. The predicted molar refractivity (Wildman–Crippen MR) is 124 cm³/mol. The maximum atomic E-state index is 11.4. The van der Waals surface area contributed by atoms with Gasteiger partial charge in [0.1, 0.15) is 5.75 Å². The molecule has 32 heavy (non-hydrogen) atoms. The van der Waals surface area contributed by atoms with E-state index in [-0.39, 0.29) is 6.61 Å². The molecule has 0 radical (unpaired) electrons. The molecule has 0 unspecified atom stereocenters. The number of nitrogens with zero attached hydrogens (tertiary/aromatic N) is 3. The molecule has 2 aromatic heterocycles. The molecule has 0 atom stereocenters. The summed E-state index contributed by atoms with van der Waals surface area (Å²) >= 11 is 6.26. The summed E-state index contributed by atoms with van der Waals surface area (Å²) < 4.78 is 40.9. The third kappa shape index (κ3) is 5.01. The minimum atomic E-state index is -3.52. The van der Waals surface area contributed by atoms with Gasteiger partial charge in [-0.3, -0.25) is 4.18 Å². The average molecular weight is 480 g/mol. The molecule has 3 aromatic rings. The van der Waals surface area contributed by atoms with Gasteiger partial charge in [0.2, 0.25) is 0 Å². The van der Waals surface area contributed by atoms with Crippen molar-refractivity contribution in [3.8, 4) is 17.0 Å². The Kier molecular flexibility index (Phi) is 6.90. The van der Waals surface area contributed by atoms with Gasteiger partial charge in [0.15, 0.2) is 5.82 Å². The smallest absolute Gasteiger partial charge is 0.264 e. The second-order valence-electron chi connectivity index (χ2n) is 7.56. The third-order valence-corrected chi connectivity index (χ3v) is 6.28. The number of methoxy groups -OCH3 is 1. The molecule has 1 aliphatic rings. The number of rotatable bonds is 8. The van der Waals surface area contributed by atoms with Crippen molar-refractivity contribution in [2.45, 2.75) is 12.3 Å². The molecule has 3 heterocycles. The monoisotopic (exact) mass is 479 g/mol. The summed E-state index contributed by atoms with van der Waals surface area (Å²) in [6.45, 7) is 2.78. The number of anilines is 1. The van der Waals surface area contributed by atoms with Crippen molar-refractivity contribution < 1.29 is 22.1 Å². The topological polar surface area (TPSA) is 82.4 Å². The van der Waals surface area contributed by atoms with Crippen LogP contribution in [-0.4, -0.2) is 64.1 Å². The van der Waals surface area contributed by atoms with Gasteiger partial charge < -0.3 is 18.8 Å². The number of ether oxygens (including phenoxy) is 2. The van der Waals surface area contributed by atoms with Crippen LogP contribution in [0.5, 0.6) is 5.75 Å². The maximum absolute atomic E-state index is 11.4. The number of morpholine rings is 1. The lowest BCUT2D eigenvalue weighted by atomic mass is 10.1. The number of aromatic nitrogens is 2. The predicted octanol–water partition coefficient (Wildman–Crippen LogP) is 3.10. The first-order valence-corrected chi connectivity index (χ1v) is 12.7. The lowest BCUT2D eigenvalue weighted by Crippen LogP contribution is -2.37. The highest BCUT2D eigenvalue weighted by Gasteiger charge is 2.21. The molecule has 1 aromatic carbocycles. The van der Waals surface area contributed by atoms with Gasteiger partial charge in [-0.2, -0.15) is 8.42 Å². The number of halogens is 1. The van der Waals surface area contributed by atoms with Gasteiger partial charge in [0.25, 0.3) is 10.1 Å². The van der Waals surface area contributed by atoms with Crippen LogP contribution < -0.4 is 9.64 Å². The third-order valence-electron chi connectivity index (χ3n) is 5.40. The molecule has 10 heteroatoms. The maximum Gasteiger partial charge on any atom is 0.264 e. The molecule has 0 N–H and O–H groups in total. The fourth-order valence-electron chi connectivity index (χ4n) is 3.88. The molecule has 1 saturated heterocycles. The Bertz CT molecular complexity index is 1210. The van der Waals surface area contributed by atoms with E-state index in [4.69, 9.17) is 30.2 Å². The second kappa shape index (κ2) is 9.66. The molecule has 172 valence electrons. The normalized spacial score (nSPS) is 14.8. The summed E-state index contributed by atoms with van der Waals surface area (Å²) in [6.07, 6.45) is 3.40. The first kappa shape index (κ1) is 22.8. The highest BCUT2D eigenvalue weighted by atomic mass is 35.5. The summed E-state index contributed by atoms with van der Waals surface area (Å²) in [5.41, 5.74) is 4.44. The van der Waals surface area contributed by atoms with E-state index in [0.717, 1.165) is 58.9 Å². The van der Waals surface area contributed by atoms with Crippen molar-refractivity contribution in [2.24, 2.45) is 0 Å². The van der Waals surface area contributed by atoms with Crippen molar-refractivity contribution in [2.75, 3.05) is 51.2 Å². The van der Waals surface area contributed by atoms with E-state index in [1.165, 1.54) is 0 Å². The van der Waals surface area contributed by atoms with E-state index in [2.05, 4.69) is 9.30 Å². The Labute approximate surface area is 192 Å². The molecule has 1 aliphatic heterocycles. The van der Waals surface area contributed by atoms with Gasteiger partial charge in [-0.1, -0.05) is 12.1 Å². The van der Waals surface area contributed by atoms with Crippen LogP contribution in [0.3, 0.4) is 0 Å². The van der Waals surface area contributed by atoms with Crippen molar-refractivity contribution in [3.05, 3.63) is 47.8 Å². The summed E-state index contributed by atoms with van der Waals surface area (Å²) in [5.74, 6) is 1.88. The van der Waals surface area contributed by atoms with Gasteiger partial charge in [-0.25, -0.2) is 4.98 Å². The molecule has 1 fully saturated rings. The molecular weight excluding hydrogens is 454 g/mol. The van der Waals surface area contributed by atoms with Gasteiger partial charge in [0, 0.05) is 42.8 Å². The molecule has 4 rings (SSSR count). The quantitative estimate of drug-likeness (QED) is 0.362. The van der Waals surface area contributed by atoms with E-state index in [9.17, 15) is 8.42 Å². The Morgan fingerprint density at radius 3 is 2.69 bits per heavy atom. The number of fused-ring (bicyclic) bond motifs is 1. The SMILES string of the molecule is COc1cccc(-c2cn3c(CCOS(C)(=O)=O)c(CCl)cc3c(N3CCOCC3)n2)c1. The van der Waals surface area contributed by atoms with Crippen LogP contribution >= 0.6 is 11.6 Å². The Hall–Kier alpha value is -2.33. The van der Waals surface area contributed by atoms with Crippen molar-refractivity contribution in [1.29, 1.82) is 0 Å². The Morgan fingerprint density at radius 2 is 2.00 bits per heavy atom. The van der Waals surface area contributed by atoms with E-state index < -0.39 is 10.1 Å². The molecule has 8 nitrogen and oxygen atoms in total. The summed E-state index contributed by atoms with van der Waals surface area (Å²) in [5, 5.41) is 0. The zero-order valence-corrected chi connectivity index (χ0v) is 19.7. The largest absolute Gasteiger partial charge is 0.497 e. The first-order valence-electron chi connectivity index (χ1n) is 10.3. The number of alkyl halides is 1. The van der Waals surface area contributed by atoms with E-state index >= 15 is 0 Å². The second-order valence-corrected chi connectivity index (χ2v) is 9.47. The van der Waals surface area contributed by atoms with Crippen LogP contribution in [-0.2, 0) is 31.3 Å². The van der Waals surface area contributed by atoms with Crippen molar-refractivity contribution in [3.63, 3.8) is 0 Å². The van der Waals surface area contributed by atoms with E-state index in [1.807, 2.05) is 36.5 Å². The van der Waals surface area contributed by atoms with Crippen LogP contribution in [0.4, 0.5) is 5.82 Å². The number of benzene rings is 1. The van der Waals surface area contributed by atoms with Gasteiger partial charge in [-0.05, 0) is 23.8 Å². The standard InChI is InChI=1S/C22H26ClN3O5S/c1-29-18-5-3-4-16(12-18)19-15-26-20(6-9-31-32(2,27)28)17(14-23)13-21(26)22(24-19)25-7-10-30-11-8-25/h3-5,12-13,15H,6-11,14H2,1-2H3. The minimum Gasteiger partial charge on any atom is -0.497 e. The summed E-state index contributed by atoms with van der Waals surface area (Å²) in [4.78, 5) is 7.21. The van der Waals surface area contributed by atoms with Gasteiger partial charge in [0.05, 0.1) is 44.4 Å². The highest BCUT2D eigenvalue weighted by molar-refractivity contribution is 7.85. The number of hydrogen-bond donors (Lipinski definition) is 0. The molecule has 0 aliphatic carbocycles. The zero-order chi connectivity index (χ0) is 22.7. The lowest BCUT2D eigenvalue weighted by molar-refractivity contribution is 0.122. The molecule has 0 spiro atoms. The molecule has 0 bridgehead atoms. The Morgan fingerprint density at radius 1 is 1.22 bits per heavy atom. The van der Waals surface area contributed by atoms with Crippen molar-refractivity contribution in [1.82, 2.24) is 9.38 Å². The van der Waals surface area contributed by atoms with Gasteiger partial charge in [-0.15, -0.1) is 11.6 Å². The van der Waals surface area contributed by atoms with Crippen LogP contribution in [0.25, 0.3) is 16.8 Å². The Balaban J connectivity index is 1.85. The fraction of sp³-hybridized carbons (Fsp3) is 0.409. The highest BCUT2D eigenvalue weighted by Crippen LogP contribution is 2.31. The summed E-state index contributed by atoms with van der Waals surface area (Å²) in [7, 11) is -1.89. The average Bonchev–Trinajstić information content (AvgIpc) is 3.16. The van der Waals surface area contributed by atoms with Gasteiger partial charge >= 0.3 is 0 Å². The molecular formula is C22H26ClN3O5S. The molecule has 0 saturated carbocycles. The van der Waals surface area contributed by atoms with Crippen molar-refractivity contribution >= 4 is 33.1 Å². The molecule has 0 amide bonds. The van der Waals surface area contributed by atoms with Crippen LogP contribution in [0.2, 0.25) is 0 Å². The minimum absolute atomic E-state index is 0.0402. The lowest BCUT2D eigenvalue weighted by Gasteiger charge is -2.29. The first-order chi connectivity index (χ1) is 15.4. The van der Waals surface area contributed by atoms with Crippen LogP contribution in [0.15, 0.2) is 36.5 Å².